The van der Waals surface area contributed by atoms with Crippen molar-refractivity contribution in [2.75, 3.05) is 4.90 Å². The first-order valence-electron chi connectivity index (χ1n) is 19.7. The van der Waals surface area contributed by atoms with Crippen LogP contribution < -0.4 is 18.6 Å². The third kappa shape index (κ3) is 6.50. The Kier molecular flexibility index (Phi) is 9.42. The molecule has 0 aliphatic heterocycles. The molecule has 7 heteroatoms. The van der Waals surface area contributed by atoms with E-state index in [2.05, 4.69) is 257 Å². The fraction of sp³-hybridized carbons (Fsp3) is 0.118. The van der Waals surface area contributed by atoms with Gasteiger partial charge in [-0.05, 0) is 108 Å². The van der Waals surface area contributed by atoms with Crippen LogP contribution in [0.2, 0.25) is 0 Å². The number of anilines is 3. The van der Waals surface area contributed by atoms with Crippen molar-refractivity contribution in [3.63, 3.8) is 0 Å². The molecule has 0 aliphatic rings. The van der Waals surface area contributed by atoms with Crippen molar-refractivity contribution in [2.24, 2.45) is 42.3 Å². The summed E-state index contributed by atoms with van der Waals surface area (Å²) in [6, 6.07) is 52.0. The van der Waals surface area contributed by atoms with Crippen molar-refractivity contribution in [3.8, 4) is 0 Å². The monoisotopic (exact) mass is 758 g/mol. The molecule has 0 bridgehead atoms. The van der Waals surface area contributed by atoms with Crippen LogP contribution in [-0.4, -0.2) is 13.7 Å². The zero-order chi connectivity index (χ0) is 39.9. The molecule has 0 atom stereocenters. The van der Waals surface area contributed by atoms with Gasteiger partial charge in [0.1, 0.15) is 0 Å². The second-order valence-corrected chi connectivity index (χ2v) is 15.0. The maximum absolute atomic E-state index is 2.33. The summed E-state index contributed by atoms with van der Waals surface area (Å²) in [6.07, 6.45) is 13.2. The highest BCUT2D eigenvalue weighted by molar-refractivity contribution is 5.82. The zero-order valence-corrected chi connectivity index (χ0v) is 34.0. The second-order valence-electron chi connectivity index (χ2n) is 15.0. The largest absolute Gasteiger partial charge is 0.311 e. The van der Waals surface area contributed by atoms with Crippen LogP contribution in [0.5, 0.6) is 0 Å². The van der Waals surface area contributed by atoms with Crippen LogP contribution in [0, 0.1) is 0 Å². The lowest BCUT2D eigenvalue weighted by Gasteiger charge is -2.26. The van der Waals surface area contributed by atoms with Gasteiger partial charge < -0.3 is 4.90 Å². The van der Waals surface area contributed by atoms with E-state index in [0.29, 0.717) is 0 Å². The van der Waals surface area contributed by atoms with Gasteiger partial charge in [-0.25, -0.2) is 27.4 Å². The molecular formula is C51H48N7+3. The standard InChI is InChI=1S/C51H48N7/c1-52-43-13-7-8-14-44(43)53(2)49(52)34-25-37-19-28-40(29-20-37)58(41-30-21-38(22-31-41)26-35-50-54(3)45-15-9-10-16-46(45)55(50)4)42-32-23-39(24-33-42)27-36-51-56(5)47-17-11-12-18-48(47)57(51)6/h7-36H,1-6H3/q+3. The van der Waals surface area contributed by atoms with Crippen molar-refractivity contribution in [1.29, 1.82) is 0 Å². The molecule has 0 amide bonds. The minimum Gasteiger partial charge on any atom is -0.311 e. The van der Waals surface area contributed by atoms with Crippen LogP contribution in [0.4, 0.5) is 17.1 Å². The fourth-order valence-corrected chi connectivity index (χ4v) is 8.34. The van der Waals surface area contributed by atoms with Crippen LogP contribution in [0.15, 0.2) is 146 Å². The number of hydrogen-bond donors (Lipinski definition) is 0. The third-order valence-corrected chi connectivity index (χ3v) is 11.6. The summed E-state index contributed by atoms with van der Waals surface area (Å²) in [4.78, 5) is 2.33. The normalized spacial score (nSPS) is 12.1. The Morgan fingerprint density at radius 1 is 0.345 bits per heavy atom. The summed E-state index contributed by atoms with van der Waals surface area (Å²) >= 11 is 0. The van der Waals surface area contributed by atoms with E-state index in [1.54, 1.807) is 0 Å². The number of imidazole rings is 3. The van der Waals surface area contributed by atoms with E-state index in [4.69, 9.17) is 0 Å². The average Bonchev–Trinajstić information content (AvgIpc) is 3.77. The Balaban J connectivity index is 1.03. The van der Waals surface area contributed by atoms with Crippen molar-refractivity contribution in [3.05, 3.63) is 180 Å². The molecule has 58 heavy (non-hydrogen) atoms. The summed E-state index contributed by atoms with van der Waals surface area (Å²) < 4.78 is 13.4. The predicted molar refractivity (Wildman–Crippen MR) is 240 cm³/mol. The van der Waals surface area contributed by atoms with Crippen molar-refractivity contribution in [1.82, 2.24) is 13.7 Å². The summed E-state index contributed by atoms with van der Waals surface area (Å²) in [7, 11) is 12.7. The Bertz CT molecular complexity index is 2590. The molecule has 284 valence electrons. The van der Waals surface area contributed by atoms with Crippen LogP contribution in [0.25, 0.3) is 69.6 Å². The van der Waals surface area contributed by atoms with E-state index in [9.17, 15) is 0 Å². The molecule has 0 saturated carbocycles. The Morgan fingerprint density at radius 3 is 0.862 bits per heavy atom. The SMILES string of the molecule is Cn1c(/C=C/c2ccc(N(c3ccc(/C=C/c4n(C)c5ccccc5[n+]4C)cc3)c3ccc(/C=C/c4n(C)c5ccccc5[n+]4C)cc3)cc2)[n+](C)c2ccccc21. The van der Waals surface area contributed by atoms with E-state index < -0.39 is 0 Å². The molecule has 3 heterocycles. The molecule has 0 radical (unpaired) electrons. The Morgan fingerprint density at radius 2 is 0.603 bits per heavy atom. The molecule has 3 aromatic heterocycles. The van der Waals surface area contributed by atoms with E-state index in [-0.39, 0.29) is 0 Å². The Hall–Kier alpha value is -7.25. The number of aromatic nitrogens is 6. The van der Waals surface area contributed by atoms with Crippen molar-refractivity contribution >= 4 is 86.6 Å². The van der Waals surface area contributed by atoms with E-state index >= 15 is 0 Å². The molecule has 0 unspecified atom stereocenters. The number of para-hydroxylation sites is 6. The lowest BCUT2D eigenvalue weighted by atomic mass is 10.1. The van der Waals surface area contributed by atoms with Crippen LogP contribution in [0.1, 0.15) is 34.2 Å². The topological polar surface area (TPSA) is 29.7 Å². The molecule has 9 rings (SSSR count). The number of nitrogens with zero attached hydrogens (tertiary/aromatic N) is 7. The van der Waals surface area contributed by atoms with Crippen LogP contribution in [-0.2, 0) is 42.3 Å². The fourth-order valence-electron chi connectivity index (χ4n) is 8.34. The summed E-state index contributed by atoms with van der Waals surface area (Å²) in [5, 5.41) is 0. The van der Waals surface area contributed by atoms with Gasteiger partial charge in [0.15, 0.2) is 33.1 Å². The Labute approximate surface area is 339 Å². The summed E-state index contributed by atoms with van der Waals surface area (Å²) in [6.45, 7) is 0. The minimum atomic E-state index is 1.09. The lowest BCUT2D eigenvalue weighted by molar-refractivity contribution is -0.647. The molecule has 0 spiro atoms. The van der Waals surface area contributed by atoms with Crippen molar-refractivity contribution in [2.45, 2.75) is 0 Å². The van der Waals surface area contributed by atoms with Gasteiger partial charge in [0.2, 0.25) is 0 Å². The summed E-state index contributed by atoms with van der Waals surface area (Å²) in [5.41, 5.74) is 13.9. The molecule has 6 aromatic carbocycles. The van der Waals surface area contributed by atoms with E-state index in [1.807, 2.05) is 0 Å². The molecule has 0 fully saturated rings. The van der Waals surface area contributed by atoms with Gasteiger partial charge in [0.05, 0.1) is 42.3 Å². The van der Waals surface area contributed by atoms with Gasteiger partial charge in [0, 0.05) is 35.3 Å². The van der Waals surface area contributed by atoms with Gasteiger partial charge in [-0.2, -0.15) is 0 Å². The van der Waals surface area contributed by atoms with Gasteiger partial charge in [-0.1, -0.05) is 72.8 Å². The predicted octanol–water partition coefficient (Wildman–Crippen LogP) is 9.62. The maximum Gasteiger partial charge on any atom is 0.281 e. The number of rotatable bonds is 9. The highest BCUT2D eigenvalue weighted by Crippen LogP contribution is 2.35. The lowest BCUT2D eigenvalue weighted by Crippen LogP contribution is -2.30. The first kappa shape index (κ1) is 36.4. The van der Waals surface area contributed by atoms with Gasteiger partial charge in [0.25, 0.3) is 17.5 Å². The molecule has 0 N–H and O–H groups in total. The molecule has 0 aliphatic carbocycles. The number of hydrogen-bond acceptors (Lipinski definition) is 1. The van der Waals surface area contributed by atoms with E-state index in [1.165, 1.54) is 33.1 Å². The second kappa shape index (κ2) is 15.0. The smallest absolute Gasteiger partial charge is 0.281 e. The quantitative estimate of drug-likeness (QED) is 0.135. The summed E-state index contributed by atoms with van der Waals surface area (Å²) in [5.74, 6) is 3.41. The van der Waals surface area contributed by atoms with Gasteiger partial charge >= 0.3 is 0 Å². The maximum atomic E-state index is 2.33. The molecule has 7 nitrogen and oxygen atoms in total. The number of fused-ring (bicyclic) bond motifs is 3. The molecular weight excluding hydrogens is 711 g/mol. The van der Waals surface area contributed by atoms with Gasteiger partial charge in [-0.3, -0.25) is 0 Å². The zero-order valence-electron chi connectivity index (χ0n) is 34.0. The first-order chi connectivity index (χ1) is 28.3. The molecule has 0 saturated heterocycles. The van der Waals surface area contributed by atoms with Gasteiger partial charge in [-0.15, -0.1) is 0 Å². The van der Waals surface area contributed by atoms with Crippen LogP contribution >= 0.6 is 0 Å². The van der Waals surface area contributed by atoms with Crippen molar-refractivity contribution < 1.29 is 13.7 Å². The number of aryl methyl sites for hydroxylation is 6. The number of benzene rings is 6. The highest BCUT2D eigenvalue weighted by atomic mass is 15.2. The highest BCUT2D eigenvalue weighted by Gasteiger charge is 2.20. The van der Waals surface area contributed by atoms with E-state index in [0.717, 1.165) is 51.2 Å². The van der Waals surface area contributed by atoms with Crippen LogP contribution in [0.3, 0.4) is 0 Å². The first-order valence-corrected chi connectivity index (χ1v) is 19.7. The average molecular weight is 759 g/mol. The third-order valence-electron chi connectivity index (χ3n) is 11.6. The molecule has 9 aromatic rings. The minimum absolute atomic E-state index is 1.09.